The fourth-order valence-corrected chi connectivity index (χ4v) is 2.03. The Morgan fingerprint density at radius 3 is 1.38 bits per heavy atom. The Morgan fingerprint density at radius 1 is 0.619 bits per heavy atom. The monoisotopic (exact) mass is 282 g/mol. The molecule has 21 heavy (non-hydrogen) atoms. The minimum Gasteiger partial charge on any atom is -0.0801 e. The second kappa shape index (κ2) is 12.0. The van der Waals surface area contributed by atoms with E-state index < -0.39 is 0 Å². The van der Waals surface area contributed by atoms with Crippen molar-refractivity contribution in [3.8, 4) is 0 Å². The van der Waals surface area contributed by atoms with Crippen molar-refractivity contribution in [2.75, 3.05) is 0 Å². The van der Waals surface area contributed by atoms with Crippen molar-refractivity contribution in [2.45, 2.75) is 48.0 Å². The van der Waals surface area contributed by atoms with E-state index in [1.165, 1.54) is 21.9 Å². The molecule has 0 nitrogen and oxygen atoms in total. The Bertz CT molecular complexity index is 509. The number of rotatable bonds is 0. The molecule has 0 amide bonds. The van der Waals surface area contributed by atoms with Gasteiger partial charge in [0.05, 0.1) is 0 Å². The highest BCUT2D eigenvalue weighted by Crippen LogP contribution is 2.24. The van der Waals surface area contributed by atoms with E-state index in [1.54, 1.807) is 0 Å². The van der Waals surface area contributed by atoms with E-state index in [-0.39, 0.29) is 0 Å². The molecule has 2 aromatic rings. The molecule has 1 aliphatic rings. The summed E-state index contributed by atoms with van der Waals surface area (Å²) in [4.78, 5) is 0. The first-order chi connectivity index (χ1) is 10.4. The molecule has 0 saturated heterocycles. The minimum atomic E-state index is 1.03. The van der Waals surface area contributed by atoms with Gasteiger partial charge in [0.15, 0.2) is 0 Å². The summed E-state index contributed by atoms with van der Waals surface area (Å²) in [5, 5.41) is 2.63. The lowest BCUT2D eigenvalue weighted by Gasteiger charge is -2.03. The number of fused-ring (bicyclic) bond motifs is 2. The molecule has 0 saturated carbocycles. The normalized spacial score (nSPS) is 10.8. The van der Waals surface area contributed by atoms with Gasteiger partial charge in [0, 0.05) is 0 Å². The third kappa shape index (κ3) is 5.59. The minimum absolute atomic E-state index is 1.03. The van der Waals surface area contributed by atoms with Crippen LogP contribution in [0.1, 0.15) is 59.1 Å². The zero-order chi connectivity index (χ0) is 16.1. The molecule has 0 spiro atoms. The van der Waals surface area contributed by atoms with Crippen LogP contribution in [0.2, 0.25) is 0 Å². The molecule has 0 N–H and O–H groups in total. The number of hydrogen-bond acceptors (Lipinski definition) is 0. The first-order valence-electron chi connectivity index (χ1n) is 8.29. The van der Waals surface area contributed by atoms with Gasteiger partial charge in [-0.1, -0.05) is 90.1 Å². The number of hydrogen-bond donors (Lipinski definition) is 0. The van der Waals surface area contributed by atoms with E-state index in [2.05, 4.69) is 60.7 Å². The standard InChI is InChI=1S/C15H12.3C2H6/c1-2-6-12-10-14-8-4-5-9-15(14)11-13(12)7-3-1;3*1-2/h2-11H,1H2;3*1-2H3. The maximum Gasteiger partial charge on any atom is -0.0162 e. The lowest BCUT2D eigenvalue weighted by Crippen LogP contribution is -1.81. The summed E-state index contributed by atoms with van der Waals surface area (Å²) >= 11 is 0. The third-order valence-corrected chi connectivity index (χ3v) is 2.82. The van der Waals surface area contributed by atoms with Gasteiger partial charge in [-0.05, 0) is 40.5 Å². The van der Waals surface area contributed by atoms with E-state index in [4.69, 9.17) is 0 Å². The Hall–Kier alpha value is -1.82. The van der Waals surface area contributed by atoms with Crippen molar-refractivity contribution >= 4 is 22.9 Å². The molecule has 2 aromatic carbocycles. The van der Waals surface area contributed by atoms with Crippen LogP contribution in [0.4, 0.5) is 0 Å². The highest BCUT2D eigenvalue weighted by atomic mass is 14.1. The van der Waals surface area contributed by atoms with Crippen LogP contribution in [0.5, 0.6) is 0 Å². The molecule has 1 aliphatic carbocycles. The predicted molar refractivity (Wildman–Crippen MR) is 101 cm³/mol. The summed E-state index contributed by atoms with van der Waals surface area (Å²) in [6.45, 7) is 12.0. The maximum absolute atomic E-state index is 2.26. The molecule has 0 heteroatoms. The SMILES string of the molecule is C1=Cc2cc3ccccc3cc2C=CC1.CC.CC.CC. The Labute approximate surface area is 131 Å². The molecular weight excluding hydrogens is 252 g/mol. The number of allylic oxidation sites excluding steroid dienone is 2. The second-order valence-corrected chi connectivity index (χ2v) is 3.87. The van der Waals surface area contributed by atoms with E-state index in [0.29, 0.717) is 0 Å². The smallest absolute Gasteiger partial charge is 0.0162 e. The molecule has 0 heterocycles. The van der Waals surface area contributed by atoms with Gasteiger partial charge in [0.2, 0.25) is 0 Å². The molecule has 3 rings (SSSR count). The first kappa shape index (κ1) is 19.2. The molecule has 0 aliphatic heterocycles. The summed E-state index contributed by atoms with van der Waals surface area (Å²) in [5.74, 6) is 0. The lowest BCUT2D eigenvalue weighted by atomic mass is 10.0. The summed E-state index contributed by atoms with van der Waals surface area (Å²) in [6.07, 6.45) is 9.86. The Morgan fingerprint density at radius 2 is 1.00 bits per heavy atom. The van der Waals surface area contributed by atoms with Crippen molar-refractivity contribution in [1.29, 1.82) is 0 Å². The summed E-state index contributed by atoms with van der Waals surface area (Å²) < 4.78 is 0. The molecule has 0 aromatic heterocycles. The average Bonchev–Trinajstić information content (AvgIpc) is 2.83. The zero-order valence-corrected chi connectivity index (χ0v) is 14.5. The van der Waals surface area contributed by atoms with Crippen LogP contribution in [0, 0.1) is 0 Å². The summed E-state index contributed by atoms with van der Waals surface area (Å²) in [6, 6.07) is 13.0. The van der Waals surface area contributed by atoms with Crippen molar-refractivity contribution < 1.29 is 0 Å². The van der Waals surface area contributed by atoms with Gasteiger partial charge in [0.25, 0.3) is 0 Å². The lowest BCUT2D eigenvalue weighted by molar-refractivity contribution is 1.44. The third-order valence-electron chi connectivity index (χ3n) is 2.82. The molecule has 0 radical (unpaired) electrons. The van der Waals surface area contributed by atoms with Gasteiger partial charge in [-0.3, -0.25) is 0 Å². The van der Waals surface area contributed by atoms with Gasteiger partial charge in [-0.2, -0.15) is 0 Å². The van der Waals surface area contributed by atoms with E-state index in [9.17, 15) is 0 Å². The van der Waals surface area contributed by atoms with E-state index >= 15 is 0 Å². The van der Waals surface area contributed by atoms with Crippen LogP contribution in [0.25, 0.3) is 22.9 Å². The predicted octanol–water partition coefficient (Wildman–Crippen LogP) is 7.35. The quantitative estimate of drug-likeness (QED) is 0.474. The van der Waals surface area contributed by atoms with Crippen LogP contribution >= 0.6 is 0 Å². The average molecular weight is 282 g/mol. The van der Waals surface area contributed by atoms with Crippen LogP contribution in [-0.2, 0) is 0 Å². The zero-order valence-electron chi connectivity index (χ0n) is 14.5. The summed E-state index contributed by atoms with van der Waals surface area (Å²) in [7, 11) is 0. The van der Waals surface area contributed by atoms with Crippen LogP contribution < -0.4 is 0 Å². The largest absolute Gasteiger partial charge is 0.0801 e. The van der Waals surface area contributed by atoms with Gasteiger partial charge < -0.3 is 0 Å². The van der Waals surface area contributed by atoms with Crippen molar-refractivity contribution in [3.63, 3.8) is 0 Å². The second-order valence-electron chi connectivity index (χ2n) is 3.87. The van der Waals surface area contributed by atoms with Gasteiger partial charge in [0.1, 0.15) is 0 Å². The number of benzene rings is 2. The summed E-state index contributed by atoms with van der Waals surface area (Å²) in [5.41, 5.74) is 2.64. The fraction of sp³-hybridized carbons (Fsp3) is 0.333. The Balaban J connectivity index is 0.000000598. The molecule has 0 fully saturated rings. The maximum atomic E-state index is 2.26. The van der Waals surface area contributed by atoms with E-state index in [0.717, 1.165) is 6.42 Å². The molecule has 114 valence electrons. The molecule has 0 atom stereocenters. The van der Waals surface area contributed by atoms with Gasteiger partial charge in [-0.15, -0.1) is 0 Å². The Kier molecular flexibility index (Phi) is 10.9. The van der Waals surface area contributed by atoms with Crippen LogP contribution in [-0.4, -0.2) is 0 Å². The topological polar surface area (TPSA) is 0 Å². The molecular formula is C21H30. The van der Waals surface area contributed by atoms with Crippen molar-refractivity contribution in [2.24, 2.45) is 0 Å². The van der Waals surface area contributed by atoms with Gasteiger partial charge >= 0.3 is 0 Å². The van der Waals surface area contributed by atoms with Crippen LogP contribution in [0.15, 0.2) is 48.6 Å². The first-order valence-corrected chi connectivity index (χ1v) is 8.29. The highest BCUT2D eigenvalue weighted by molar-refractivity contribution is 5.88. The van der Waals surface area contributed by atoms with Crippen molar-refractivity contribution in [3.05, 3.63) is 59.7 Å². The fourth-order valence-electron chi connectivity index (χ4n) is 2.03. The van der Waals surface area contributed by atoms with Crippen LogP contribution in [0.3, 0.4) is 0 Å². The van der Waals surface area contributed by atoms with Crippen molar-refractivity contribution in [1.82, 2.24) is 0 Å². The van der Waals surface area contributed by atoms with Gasteiger partial charge in [-0.25, -0.2) is 0 Å². The molecule has 0 bridgehead atoms. The highest BCUT2D eigenvalue weighted by Gasteiger charge is 2.01. The molecule has 0 unspecified atom stereocenters. The van der Waals surface area contributed by atoms with E-state index in [1.807, 2.05) is 41.5 Å².